The van der Waals surface area contributed by atoms with E-state index in [0.29, 0.717) is 5.02 Å². The van der Waals surface area contributed by atoms with Crippen LogP contribution in [0.25, 0.3) is 0 Å². The number of hydrogen-bond donors (Lipinski definition) is 2. The van der Waals surface area contributed by atoms with Gasteiger partial charge in [-0.2, -0.15) is 0 Å². The van der Waals surface area contributed by atoms with Crippen molar-refractivity contribution in [3.8, 4) is 0 Å². The molecule has 37 heavy (non-hydrogen) atoms. The second kappa shape index (κ2) is 9.36. The lowest BCUT2D eigenvalue weighted by Gasteiger charge is -2.34. The molecule has 1 aliphatic heterocycles. The first-order valence-corrected chi connectivity index (χ1v) is 12.5. The van der Waals surface area contributed by atoms with Crippen LogP contribution >= 0.6 is 23.4 Å². The van der Waals surface area contributed by atoms with E-state index in [1.807, 2.05) is 0 Å². The molecule has 1 saturated carbocycles. The van der Waals surface area contributed by atoms with E-state index in [9.17, 15) is 23.9 Å². The van der Waals surface area contributed by atoms with E-state index < -0.39 is 51.3 Å². The van der Waals surface area contributed by atoms with Gasteiger partial charge in [0.15, 0.2) is 22.6 Å². The van der Waals surface area contributed by atoms with Crippen molar-refractivity contribution in [2.24, 2.45) is 10.9 Å². The van der Waals surface area contributed by atoms with Gasteiger partial charge in [0.25, 0.3) is 0 Å². The fourth-order valence-corrected chi connectivity index (χ4v) is 5.93. The first-order chi connectivity index (χ1) is 17.1. The van der Waals surface area contributed by atoms with Crippen LogP contribution in [0.15, 0.2) is 35.5 Å². The highest BCUT2D eigenvalue weighted by Gasteiger charge is 2.71. The molecule has 1 aromatic carbocycles. The minimum absolute atomic E-state index is 0.0837. The van der Waals surface area contributed by atoms with Crippen molar-refractivity contribution in [1.29, 1.82) is 0 Å². The molecule has 1 aliphatic carbocycles. The van der Waals surface area contributed by atoms with E-state index in [1.54, 1.807) is 20.8 Å². The molecule has 0 saturated heterocycles. The number of ether oxygens (including phenoxy) is 1. The van der Waals surface area contributed by atoms with Gasteiger partial charge in [0, 0.05) is 24.1 Å². The maximum atomic E-state index is 15.2. The number of amides is 1. The Morgan fingerprint density at radius 3 is 2.57 bits per heavy atom. The number of carbonyl (C=O) groups excluding carboxylic acids is 2. The number of ketones is 1. The number of nitrogens with zero attached hydrogens (tertiary/aromatic N) is 2. The number of amidine groups is 1. The number of benzene rings is 1. The van der Waals surface area contributed by atoms with Crippen LogP contribution in [0.1, 0.15) is 55.7 Å². The molecule has 1 aromatic heterocycles. The average Bonchev–Trinajstić information content (AvgIpc) is 3.52. The zero-order valence-electron chi connectivity index (χ0n) is 20.4. The first kappa shape index (κ1) is 27.0. The van der Waals surface area contributed by atoms with Gasteiger partial charge in [-0.1, -0.05) is 23.4 Å². The van der Waals surface area contributed by atoms with Crippen molar-refractivity contribution in [3.05, 3.63) is 63.9 Å². The standard InChI is InChI=1S/C25H24ClF2N3O5S/c1-23(2,3)36-22(35)30-21-31-24(4,18-10-25(18,37-21)20(33)34)14-7-12(8-15(27)19(14)28)9-17(32)16-6-5-13(26)11-29-16/h5-8,11,18H,9-10H2,1-4H3,(H,33,34)(H,30,31,35)/t18-,24+,25-/m0/s1. The van der Waals surface area contributed by atoms with Crippen molar-refractivity contribution in [2.45, 2.75) is 56.4 Å². The molecule has 3 atom stereocenters. The van der Waals surface area contributed by atoms with Gasteiger partial charge in [0.2, 0.25) is 0 Å². The predicted molar refractivity (Wildman–Crippen MR) is 134 cm³/mol. The van der Waals surface area contributed by atoms with E-state index in [0.717, 1.165) is 17.8 Å². The Hall–Kier alpha value is -3.05. The number of halogens is 3. The highest BCUT2D eigenvalue weighted by molar-refractivity contribution is 8.16. The summed E-state index contributed by atoms with van der Waals surface area (Å²) < 4.78 is 33.9. The second-order valence-corrected chi connectivity index (χ2v) is 11.9. The first-order valence-electron chi connectivity index (χ1n) is 11.3. The summed E-state index contributed by atoms with van der Waals surface area (Å²) in [5, 5.41) is 12.7. The molecule has 0 unspecified atom stereocenters. The lowest BCUT2D eigenvalue weighted by molar-refractivity contribution is -0.137. The van der Waals surface area contributed by atoms with Gasteiger partial charge < -0.3 is 9.84 Å². The van der Waals surface area contributed by atoms with Crippen LogP contribution in [-0.4, -0.2) is 43.5 Å². The van der Waals surface area contributed by atoms with Crippen LogP contribution in [0.4, 0.5) is 13.6 Å². The third kappa shape index (κ3) is 5.33. The lowest BCUT2D eigenvalue weighted by Crippen LogP contribution is -2.43. The number of carbonyl (C=O) groups is 3. The summed E-state index contributed by atoms with van der Waals surface area (Å²) in [5.41, 5.74) is -2.32. The molecule has 0 bridgehead atoms. The summed E-state index contributed by atoms with van der Waals surface area (Å²) in [5.74, 6) is -4.71. The Labute approximate surface area is 220 Å². The third-order valence-corrected chi connectivity index (χ3v) is 7.78. The van der Waals surface area contributed by atoms with Gasteiger partial charge >= 0.3 is 12.1 Å². The molecule has 2 heterocycles. The number of nitrogens with one attached hydrogen (secondary N) is 1. The number of alkyl carbamates (subject to hydrolysis) is 1. The SMILES string of the molecule is CC(C)(C)OC(=O)NC1=N[C@](C)(c2cc(CC(=O)c3ccc(Cl)cn3)cc(F)c2F)[C@@H]2C[C@]2(C(=O)O)S1. The summed E-state index contributed by atoms with van der Waals surface area (Å²) >= 11 is 6.65. The van der Waals surface area contributed by atoms with E-state index >= 15 is 4.39 Å². The Morgan fingerprint density at radius 1 is 1.27 bits per heavy atom. The number of thioether (sulfide) groups is 1. The lowest BCUT2D eigenvalue weighted by atomic mass is 9.84. The molecule has 2 aliphatic rings. The zero-order chi connectivity index (χ0) is 27.3. The molecular weight excluding hydrogens is 528 g/mol. The Morgan fingerprint density at radius 2 is 1.97 bits per heavy atom. The van der Waals surface area contributed by atoms with Gasteiger partial charge in [-0.15, -0.1) is 0 Å². The molecule has 4 rings (SSSR count). The fraction of sp³-hybridized carbons (Fsp3) is 0.400. The van der Waals surface area contributed by atoms with Gasteiger partial charge in [-0.05, 0) is 63.9 Å². The molecule has 2 aromatic rings. The van der Waals surface area contributed by atoms with E-state index in [4.69, 9.17) is 16.3 Å². The van der Waals surface area contributed by atoms with E-state index in [-0.39, 0.29) is 34.8 Å². The molecular formula is C25H24ClF2N3O5S. The third-order valence-electron chi connectivity index (χ3n) is 6.18. The van der Waals surface area contributed by atoms with Crippen LogP contribution in [0, 0.1) is 17.6 Å². The molecule has 196 valence electrons. The highest BCUT2D eigenvalue weighted by atomic mass is 35.5. The largest absolute Gasteiger partial charge is 0.480 e. The highest BCUT2D eigenvalue weighted by Crippen LogP contribution is 2.66. The van der Waals surface area contributed by atoms with Crippen LogP contribution in [0.3, 0.4) is 0 Å². The molecule has 12 heteroatoms. The Bertz CT molecular complexity index is 1330. The van der Waals surface area contributed by atoms with E-state index in [1.165, 1.54) is 31.3 Å². The number of aliphatic carboxylic acids is 1. The molecule has 2 N–H and O–H groups in total. The molecule has 0 radical (unpaired) electrons. The Balaban J connectivity index is 1.72. The van der Waals surface area contributed by atoms with E-state index in [2.05, 4.69) is 15.3 Å². The number of rotatable bonds is 5. The minimum atomic E-state index is -1.55. The number of hydrogen-bond acceptors (Lipinski definition) is 7. The minimum Gasteiger partial charge on any atom is -0.480 e. The quantitative estimate of drug-likeness (QED) is 0.495. The van der Waals surface area contributed by atoms with Gasteiger partial charge in [0.1, 0.15) is 16.0 Å². The number of aliphatic imine (C=N–C) groups is 1. The fourth-order valence-electron chi connectivity index (χ4n) is 4.40. The zero-order valence-corrected chi connectivity index (χ0v) is 22.0. The van der Waals surface area contributed by atoms with Crippen molar-refractivity contribution in [3.63, 3.8) is 0 Å². The number of Topliss-reactive ketones (excluding diaryl/α,β-unsaturated/α-hetero) is 1. The molecule has 1 amide bonds. The topological polar surface area (TPSA) is 118 Å². The predicted octanol–water partition coefficient (Wildman–Crippen LogP) is 5.12. The number of carboxylic acids is 1. The van der Waals surface area contributed by atoms with Crippen LogP contribution in [-0.2, 0) is 21.5 Å². The van der Waals surface area contributed by atoms with Gasteiger partial charge in [0.05, 0.1) is 10.6 Å². The molecule has 8 nitrogen and oxygen atoms in total. The normalized spacial score (nSPS) is 24.5. The average molecular weight is 552 g/mol. The van der Waals surface area contributed by atoms with Crippen molar-refractivity contribution >= 4 is 46.4 Å². The maximum Gasteiger partial charge on any atom is 0.413 e. The summed E-state index contributed by atoms with van der Waals surface area (Å²) in [6.45, 7) is 6.47. The monoisotopic (exact) mass is 551 g/mol. The van der Waals surface area contributed by atoms with Crippen molar-refractivity contribution in [1.82, 2.24) is 10.3 Å². The van der Waals surface area contributed by atoms with Crippen LogP contribution in [0.2, 0.25) is 5.02 Å². The number of carboxylic acid groups (broad SMARTS) is 1. The van der Waals surface area contributed by atoms with Crippen LogP contribution < -0.4 is 5.32 Å². The summed E-state index contributed by atoms with van der Waals surface area (Å²) in [6.07, 6.45) is 0.275. The number of aromatic nitrogens is 1. The summed E-state index contributed by atoms with van der Waals surface area (Å²) in [6, 6.07) is 5.14. The smallest absolute Gasteiger partial charge is 0.413 e. The number of fused-ring (bicyclic) bond motifs is 1. The number of pyridine rings is 1. The maximum absolute atomic E-state index is 15.2. The van der Waals surface area contributed by atoms with Gasteiger partial charge in [-0.25, -0.2) is 13.6 Å². The summed E-state index contributed by atoms with van der Waals surface area (Å²) in [4.78, 5) is 45.7. The van der Waals surface area contributed by atoms with Crippen molar-refractivity contribution < 1.29 is 33.0 Å². The summed E-state index contributed by atoms with van der Waals surface area (Å²) in [7, 11) is 0. The van der Waals surface area contributed by atoms with Crippen LogP contribution in [0.5, 0.6) is 0 Å². The van der Waals surface area contributed by atoms with Crippen molar-refractivity contribution in [2.75, 3.05) is 0 Å². The molecule has 0 spiro atoms. The molecule has 1 fully saturated rings. The Kier molecular flexibility index (Phi) is 6.83. The second-order valence-electron chi connectivity index (χ2n) is 10.1. The van der Waals surface area contributed by atoms with Gasteiger partial charge in [-0.3, -0.25) is 24.9 Å².